The van der Waals surface area contributed by atoms with Crippen LogP contribution in [0.3, 0.4) is 0 Å². The topological polar surface area (TPSA) is 54.5 Å². The van der Waals surface area contributed by atoms with Crippen molar-refractivity contribution in [1.29, 1.82) is 5.26 Å². The summed E-state index contributed by atoms with van der Waals surface area (Å²) in [6.07, 6.45) is 4.94. The Kier molecular flexibility index (Phi) is 7.27. The van der Waals surface area contributed by atoms with E-state index in [4.69, 9.17) is 5.26 Å². The first-order chi connectivity index (χ1) is 13.7. The number of unbranched alkanes of at least 4 members (excludes halogenated alkanes) is 2. The molecule has 3 rings (SSSR count). The second-order valence-electron chi connectivity index (χ2n) is 6.89. The largest absolute Gasteiger partial charge is 0.270 e. The summed E-state index contributed by atoms with van der Waals surface area (Å²) in [5.74, 6) is 1.71. The molecule has 0 amide bonds. The molecule has 5 heteroatoms. The number of nitrogens with zero attached hydrogens (tertiary/aromatic N) is 4. The summed E-state index contributed by atoms with van der Waals surface area (Å²) >= 11 is 1.66. The van der Waals surface area contributed by atoms with Crippen LogP contribution in [0.1, 0.15) is 43.7 Å². The molecule has 144 valence electrons. The molecule has 0 saturated carbocycles. The lowest BCUT2D eigenvalue weighted by Crippen LogP contribution is -2.00. The molecular formula is C23H26N4S. The average Bonchev–Trinajstić information content (AvgIpc) is 3.14. The molecule has 0 aliphatic carbocycles. The van der Waals surface area contributed by atoms with Gasteiger partial charge in [0.25, 0.3) is 0 Å². The Morgan fingerprint density at radius 1 is 1.00 bits per heavy atom. The fourth-order valence-electron chi connectivity index (χ4n) is 2.99. The van der Waals surface area contributed by atoms with Gasteiger partial charge in [-0.25, -0.2) is 0 Å². The lowest BCUT2D eigenvalue weighted by atomic mass is 10.1. The molecule has 1 heterocycles. The zero-order valence-electron chi connectivity index (χ0n) is 16.6. The van der Waals surface area contributed by atoms with Crippen LogP contribution >= 0.6 is 11.8 Å². The standard InChI is InChI=1S/C23H26N4S/c1-3-4-7-19-10-14-21(15-11-19)27-22(20-12-8-18(2)9-13-20)25-26-23(27)28-17-6-5-16-24/h8-15H,3-7,17H2,1-2H3. The molecule has 0 aliphatic heterocycles. The molecule has 0 N–H and O–H groups in total. The van der Waals surface area contributed by atoms with Crippen LogP contribution in [0.5, 0.6) is 0 Å². The van der Waals surface area contributed by atoms with Crippen LogP contribution in [-0.4, -0.2) is 20.5 Å². The predicted octanol–water partition coefficient (Wildman–Crippen LogP) is 5.98. The first-order valence-corrected chi connectivity index (χ1v) is 10.8. The second kappa shape index (κ2) is 10.1. The van der Waals surface area contributed by atoms with Gasteiger partial charge in [0.1, 0.15) is 0 Å². The van der Waals surface area contributed by atoms with Crippen molar-refractivity contribution in [3.05, 3.63) is 59.7 Å². The van der Waals surface area contributed by atoms with Crippen LogP contribution in [0.15, 0.2) is 53.7 Å². The van der Waals surface area contributed by atoms with Crippen molar-refractivity contribution in [2.24, 2.45) is 0 Å². The van der Waals surface area contributed by atoms with Gasteiger partial charge in [0.2, 0.25) is 0 Å². The van der Waals surface area contributed by atoms with E-state index in [0.717, 1.165) is 40.8 Å². The van der Waals surface area contributed by atoms with Crippen LogP contribution in [0.25, 0.3) is 17.1 Å². The van der Waals surface area contributed by atoms with Gasteiger partial charge in [-0.05, 0) is 43.9 Å². The number of benzene rings is 2. The summed E-state index contributed by atoms with van der Waals surface area (Å²) in [6.45, 7) is 4.30. The van der Waals surface area contributed by atoms with Crippen molar-refractivity contribution in [2.75, 3.05) is 5.75 Å². The molecule has 0 fully saturated rings. The minimum absolute atomic E-state index is 0.568. The van der Waals surface area contributed by atoms with Gasteiger partial charge in [0.15, 0.2) is 11.0 Å². The molecular weight excluding hydrogens is 364 g/mol. The second-order valence-corrected chi connectivity index (χ2v) is 7.95. The van der Waals surface area contributed by atoms with Gasteiger partial charge in [-0.15, -0.1) is 10.2 Å². The average molecular weight is 391 g/mol. The Bertz CT molecular complexity index is 921. The SMILES string of the molecule is CCCCc1ccc(-n2c(SCCCC#N)nnc2-c2ccc(C)cc2)cc1. The molecule has 3 aromatic rings. The summed E-state index contributed by atoms with van der Waals surface area (Å²) in [5, 5.41) is 18.6. The number of aromatic nitrogens is 3. The molecule has 0 unspecified atom stereocenters. The van der Waals surface area contributed by atoms with E-state index in [9.17, 15) is 0 Å². The quantitative estimate of drug-likeness (QED) is 0.333. The molecule has 1 aromatic heterocycles. The molecule has 0 saturated heterocycles. The zero-order chi connectivity index (χ0) is 19.8. The summed E-state index contributed by atoms with van der Waals surface area (Å²) in [6, 6.07) is 19.3. The first-order valence-electron chi connectivity index (χ1n) is 9.84. The summed E-state index contributed by atoms with van der Waals surface area (Å²) in [4.78, 5) is 0. The summed E-state index contributed by atoms with van der Waals surface area (Å²) < 4.78 is 2.13. The minimum Gasteiger partial charge on any atom is -0.270 e. The Morgan fingerprint density at radius 3 is 2.43 bits per heavy atom. The van der Waals surface area contributed by atoms with E-state index in [-0.39, 0.29) is 0 Å². The van der Waals surface area contributed by atoms with Crippen molar-refractivity contribution in [2.45, 2.75) is 51.1 Å². The number of hydrogen-bond donors (Lipinski definition) is 0. The highest BCUT2D eigenvalue weighted by atomic mass is 32.2. The van der Waals surface area contributed by atoms with Gasteiger partial charge in [-0.2, -0.15) is 5.26 Å². The van der Waals surface area contributed by atoms with Crippen LogP contribution in [-0.2, 0) is 6.42 Å². The lowest BCUT2D eigenvalue weighted by molar-refractivity contribution is 0.794. The normalized spacial score (nSPS) is 10.8. The molecule has 0 spiro atoms. The van der Waals surface area contributed by atoms with Crippen molar-refractivity contribution >= 4 is 11.8 Å². The predicted molar refractivity (Wildman–Crippen MR) is 116 cm³/mol. The maximum absolute atomic E-state index is 8.77. The van der Waals surface area contributed by atoms with E-state index in [2.05, 4.69) is 83.2 Å². The van der Waals surface area contributed by atoms with Crippen molar-refractivity contribution in [1.82, 2.24) is 14.8 Å². The highest BCUT2D eigenvalue weighted by Crippen LogP contribution is 2.29. The summed E-state index contributed by atoms with van der Waals surface area (Å²) in [5.41, 5.74) is 4.71. The fraction of sp³-hybridized carbons (Fsp3) is 0.348. The minimum atomic E-state index is 0.568. The molecule has 0 atom stereocenters. The van der Waals surface area contributed by atoms with Gasteiger partial charge in [0, 0.05) is 23.4 Å². The zero-order valence-corrected chi connectivity index (χ0v) is 17.4. The van der Waals surface area contributed by atoms with Gasteiger partial charge in [-0.3, -0.25) is 4.57 Å². The van der Waals surface area contributed by atoms with E-state index in [1.807, 2.05) is 0 Å². The molecule has 0 aliphatic rings. The summed E-state index contributed by atoms with van der Waals surface area (Å²) in [7, 11) is 0. The molecule has 28 heavy (non-hydrogen) atoms. The molecule has 0 radical (unpaired) electrons. The van der Waals surface area contributed by atoms with Gasteiger partial charge >= 0.3 is 0 Å². The highest BCUT2D eigenvalue weighted by Gasteiger charge is 2.16. The van der Waals surface area contributed by atoms with Gasteiger partial charge in [-0.1, -0.05) is 67.1 Å². The first kappa shape index (κ1) is 20.2. The van der Waals surface area contributed by atoms with Crippen molar-refractivity contribution in [3.8, 4) is 23.1 Å². The van der Waals surface area contributed by atoms with Gasteiger partial charge < -0.3 is 0 Å². The third kappa shape index (κ3) is 5.02. The molecule has 0 bridgehead atoms. The van der Waals surface area contributed by atoms with Gasteiger partial charge in [0.05, 0.1) is 6.07 Å². The number of thioether (sulfide) groups is 1. The molecule has 4 nitrogen and oxygen atoms in total. The Hall–Kier alpha value is -2.58. The highest BCUT2D eigenvalue weighted by molar-refractivity contribution is 7.99. The number of hydrogen-bond acceptors (Lipinski definition) is 4. The van der Waals surface area contributed by atoms with Crippen molar-refractivity contribution < 1.29 is 0 Å². The lowest BCUT2D eigenvalue weighted by Gasteiger charge is -2.11. The fourth-order valence-corrected chi connectivity index (χ4v) is 3.88. The van der Waals surface area contributed by atoms with E-state index in [1.54, 1.807) is 11.8 Å². The third-order valence-electron chi connectivity index (χ3n) is 4.62. The van der Waals surface area contributed by atoms with Crippen LogP contribution in [0.4, 0.5) is 0 Å². The smallest absolute Gasteiger partial charge is 0.196 e. The third-order valence-corrected chi connectivity index (χ3v) is 5.64. The Balaban J connectivity index is 1.94. The van der Waals surface area contributed by atoms with Crippen LogP contribution in [0, 0.1) is 18.3 Å². The maximum atomic E-state index is 8.77. The monoisotopic (exact) mass is 390 g/mol. The van der Waals surface area contributed by atoms with Crippen LogP contribution < -0.4 is 0 Å². The van der Waals surface area contributed by atoms with E-state index in [0.29, 0.717) is 6.42 Å². The molecule has 2 aromatic carbocycles. The van der Waals surface area contributed by atoms with Crippen LogP contribution in [0.2, 0.25) is 0 Å². The Labute approximate surface area is 171 Å². The number of rotatable bonds is 9. The van der Waals surface area contributed by atoms with E-state index in [1.165, 1.54) is 24.0 Å². The maximum Gasteiger partial charge on any atom is 0.196 e. The van der Waals surface area contributed by atoms with E-state index < -0.39 is 0 Å². The van der Waals surface area contributed by atoms with E-state index >= 15 is 0 Å². The van der Waals surface area contributed by atoms with Crippen molar-refractivity contribution in [3.63, 3.8) is 0 Å². The Morgan fingerprint density at radius 2 is 1.75 bits per heavy atom. The number of aryl methyl sites for hydroxylation is 2. The number of nitriles is 1.